The summed E-state index contributed by atoms with van der Waals surface area (Å²) >= 11 is 5.86. The number of rotatable bonds is 6. The lowest BCUT2D eigenvalue weighted by molar-refractivity contribution is -0.123. The van der Waals surface area contributed by atoms with Gasteiger partial charge in [0, 0.05) is 11.6 Å². The van der Waals surface area contributed by atoms with Gasteiger partial charge in [0.2, 0.25) is 5.91 Å². The smallest absolute Gasteiger partial charge is 0.241 e. The van der Waals surface area contributed by atoms with Crippen LogP contribution in [0.4, 0.5) is 4.39 Å². The van der Waals surface area contributed by atoms with Crippen LogP contribution in [0.2, 0.25) is 5.02 Å². The minimum absolute atomic E-state index is 0.106. The molecule has 1 aliphatic carbocycles. The summed E-state index contributed by atoms with van der Waals surface area (Å²) < 4.78 is 38.3. The van der Waals surface area contributed by atoms with Crippen LogP contribution in [0.1, 0.15) is 31.2 Å². The monoisotopic (exact) mass is 409 g/mol. The van der Waals surface area contributed by atoms with Crippen molar-refractivity contribution in [3.05, 3.63) is 64.9 Å². The Kier molecular flexibility index (Phi) is 5.86. The zero-order valence-corrected chi connectivity index (χ0v) is 16.3. The van der Waals surface area contributed by atoms with Gasteiger partial charge in [-0.3, -0.25) is 4.79 Å². The minimum Gasteiger partial charge on any atom is -0.354 e. The van der Waals surface area contributed by atoms with Gasteiger partial charge >= 0.3 is 0 Å². The first-order chi connectivity index (χ1) is 12.8. The zero-order valence-electron chi connectivity index (χ0n) is 14.8. The van der Waals surface area contributed by atoms with Crippen LogP contribution in [0.25, 0.3) is 0 Å². The van der Waals surface area contributed by atoms with Crippen molar-refractivity contribution < 1.29 is 17.6 Å². The largest absolute Gasteiger partial charge is 0.354 e. The summed E-state index contributed by atoms with van der Waals surface area (Å²) in [4.78, 5) is 13.0. The van der Waals surface area contributed by atoms with Crippen molar-refractivity contribution in [3.63, 3.8) is 0 Å². The number of nitrogens with one attached hydrogen (secondary N) is 1. The first-order valence-corrected chi connectivity index (χ1v) is 10.7. The van der Waals surface area contributed by atoms with Gasteiger partial charge in [-0.25, -0.2) is 12.8 Å². The molecule has 3 rings (SSSR count). The highest BCUT2D eigenvalue weighted by Crippen LogP contribution is 2.41. The molecule has 2 aromatic rings. The van der Waals surface area contributed by atoms with Crippen LogP contribution >= 0.6 is 11.6 Å². The van der Waals surface area contributed by atoms with Crippen LogP contribution in [0.15, 0.2) is 53.4 Å². The van der Waals surface area contributed by atoms with Crippen molar-refractivity contribution in [1.29, 1.82) is 0 Å². The quantitative estimate of drug-likeness (QED) is 0.786. The van der Waals surface area contributed by atoms with Crippen molar-refractivity contribution in [3.8, 4) is 0 Å². The summed E-state index contributed by atoms with van der Waals surface area (Å²) in [6.07, 6.45) is 2.39. The Bertz CT molecular complexity index is 922. The third-order valence-corrected chi connectivity index (χ3v) is 7.82. The van der Waals surface area contributed by atoms with Gasteiger partial charge in [-0.2, -0.15) is 0 Å². The summed E-state index contributed by atoms with van der Waals surface area (Å²) in [7, 11) is -3.85. The van der Waals surface area contributed by atoms with E-state index < -0.39 is 20.5 Å². The van der Waals surface area contributed by atoms with E-state index in [1.807, 2.05) is 0 Å². The molecule has 4 nitrogen and oxygen atoms in total. The van der Waals surface area contributed by atoms with Gasteiger partial charge in [-0.1, -0.05) is 36.6 Å². The molecule has 0 radical (unpaired) electrons. The second-order valence-corrected chi connectivity index (χ2v) is 9.49. The number of amides is 1. The Morgan fingerprint density at radius 2 is 1.78 bits per heavy atom. The van der Waals surface area contributed by atoms with Crippen molar-refractivity contribution in [1.82, 2.24) is 5.32 Å². The van der Waals surface area contributed by atoms with Gasteiger partial charge < -0.3 is 5.32 Å². The molecule has 7 heteroatoms. The summed E-state index contributed by atoms with van der Waals surface area (Å²) in [6, 6.07) is 12.0. The second kappa shape index (κ2) is 7.98. The van der Waals surface area contributed by atoms with E-state index in [-0.39, 0.29) is 17.3 Å². The Balaban J connectivity index is 1.77. The molecular weight excluding hydrogens is 389 g/mol. The van der Waals surface area contributed by atoms with Crippen LogP contribution in [0.5, 0.6) is 0 Å². The molecule has 0 aromatic heterocycles. The maximum absolute atomic E-state index is 13.3. The number of hydrogen-bond donors (Lipinski definition) is 1. The Morgan fingerprint density at radius 3 is 2.41 bits per heavy atom. The molecule has 1 N–H and O–H groups in total. The molecule has 1 fully saturated rings. The molecule has 0 heterocycles. The molecule has 1 amide bonds. The van der Waals surface area contributed by atoms with Crippen molar-refractivity contribution in [2.24, 2.45) is 0 Å². The van der Waals surface area contributed by atoms with E-state index in [1.54, 1.807) is 12.1 Å². The van der Waals surface area contributed by atoms with Crippen LogP contribution in [-0.2, 0) is 21.1 Å². The Hall–Kier alpha value is -1.92. The first kappa shape index (κ1) is 19.8. The van der Waals surface area contributed by atoms with E-state index in [2.05, 4.69) is 5.32 Å². The van der Waals surface area contributed by atoms with Crippen molar-refractivity contribution in [2.45, 2.75) is 41.7 Å². The number of hydrogen-bond acceptors (Lipinski definition) is 3. The number of benzene rings is 2. The zero-order chi connectivity index (χ0) is 19.5. The summed E-state index contributed by atoms with van der Waals surface area (Å²) in [5.74, 6) is -0.817. The highest BCUT2D eigenvalue weighted by atomic mass is 35.5. The second-order valence-electron chi connectivity index (χ2n) is 6.79. The van der Waals surface area contributed by atoms with Gasteiger partial charge in [0.05, 0.1) is 4.90 Å². The fraction of sp³-hybridized carbons (Fsp3) is 0.350. The summed E-state index contributed by atoms with van der Waals surface area (Å²) in [5.41, 5.74) is 0.747. The maximum atomic E-state index is 13.3. The average molecular weight is 410 g/mol. The third-order valence-electron chi connectivity index (χ3n) is 5.05. The predicted molar refractivity (Wildman–Crippen MR) is 103 cm³/mol. The molecule has 27 heavy (non-hydrogen) atoms. The lowest BCUT2D eigenvalue weighted by Crippen LogP contribution is -2.51. The highest BCUT2D eigenvalue weighted by Gasteiger charge is 2.52. The predicted octanol–water partition coefficient (Wildman–Crippen LogP) is 3.92. The van der Waals surface area contributed by atoms with E-state index in [0.29, 0.717) is 37.1 Å². The molecule has 0 unspecified atom stereocenters. The number of sulfone groups is 1. The van der Waals surface area contributed by atoms with Crippen LogP contribution in [-0.4, -0.2) is 25.6 Å². The highest BCUT2D eigenvalue weighted by molar-refractivity contribution is 7.93. The topological polar surface area (TPSA) is 63.2 Å². The molecular formula is C20H21ClFNO3S. The summed E-state index contributed by atoms with van der Waals surface area (Å²) in [6.45, 7) is 0.250. The molecule has 1 saturated carbocycles. The first-order valence-electron chi connectivity index (χ1n) is 8.88. The van der Waals surface area contributed by atoms with E-state index in [9.17, 15) is 17.6 Å². The van der Waals surface area contributed by atoms with Gasteiger partial charge in [-0.05, 0) is 61.2 Å². The summed E-state index contributed by atoms with van der Waals surface area (Å²) in [5, 5.41) is 3.19. The minimum atomic E-state index is -3.85. The maximum Gasteiger partial charge on any atom is 0.241 e. The fourth-order valence-corrected chi connectivity index (χ4v) is 5.79. The fourth-order valence-electron chi connectivity index (χ4n) is 3.58. The van der Waals surface area contributed by atoms with Gasteiger partial charge in [-0.15, -0.1) is 0 Å². The molecule has 0 saturated heterocycles. The SMILES string of the molecule is O=C(NCCc1cccc(F)c1)C1(S(=O)(=O)c2ccc(Cl)cc2)CCCC1. The van der Waals surface area contributed by atoms with Gasteiger partial charge in [0.15, 0.2) is 14.6 Å². The van der Waals surface area contributed by atoms with Crippen LogP contribution in [0, 0.1) is 5.82 Å². The van der Waals surface area contributed by atoms with Crippen LogP contribution < -0.4 is 5.32 Å². The molecule has 0 bridgehead atoms. The molecule has 1 aliphatic rings. The van der Waals surface area contributed by atoms with Crippen LogP contribution in [0.3, 0.4) is 0 Å². The van der Waals surface area contributed by atoms with E-state index in [4.69, 9.17) is 11.6 Å². The molecule has 0 atom stereocenters. The third kappa shape index (κ3) is 4.01. The Labute approximate surface area is 163 Å². The van der Waals surface area contributed by atoms with E-state index in [0.717, 1.165) is 5.56 Å². The van der Waals surface area contributed by atoms with E-state index in [1.165, 1.54) is 36.4 Å². The standard InChI is InChI=1S/C20H21ClFNO3S/c21-16-6-8-18(9-7-16)27(25,26)20(11-1-2-12-20)19(24)23-13-10-15-4-3-5-17(22)14-15/h3-9,14H,1-2,10-13H2,(H,23,24). The number of carbonyl (C=O) groups excluding carboxylic acids is 1. The number of halogens is 2. The van der Waals surface area contributed by atoms with Gasteiger partial charge in [0.25, 0.3) is 0 Å². The van der Waals surface area contributed by atoms with Gasteiger partial charge in [0.1, 0.15) is 5.82 Å². The normalized spacial score (nSPS) is 16.2. The lowest BCUT2D eigenvalue weighted by Gasteiger charge is -2.27. The Morgan fingerprint density at radius 1 is 1.11 bits per heavy atom. The van der Waals surface area contributed by atoms with Crippen molar-refractivity contribution in [2.75, 3.05) is 6.54 Å². The average Bonchev–Trinajstić information content (AvgIpc) is 3.14. The molecule has 0 spiro atoms. The van der Waals surface area contributed by atoms with E-state index >= 15 is 0 Å². The lowest BCUT2D eigenvalue weighted by atomic mass is 10.1. The molecule has 144 valence electrons. The molecule has 0 aliphatic heterocycles. The molecule has 2 aromatic carbocycles. The van der Waals surface area contributed by atoms with Crippen molar-refractivity contribution >= 4 is 27.3 Å². The number of carbonyl (C=O) groups is 1.